The molecule has 16 nitrogen and oxygen atoms in total. The molecule has 0 aromatic rings. The van der Waals surface area contributed by atoms with Crippen LogP contribution in [0.25, 0.3) is 0 Å². The number of rotatable bonds is 19. The number of carboxylic acids is 5. The second-order valence-corrected chi connectivity index (χ2v) is 8.70. The zero-order chi connectivity index (χ0) is 25.8. The second-order valence-electron chi connectivity index (χ2n) is 6.93. The van der Waals surface area contributed by atoms with Crippen LogP contribution in [0.3, 0.4) is 0 Å². The van der Waals surface area contributed by atoms with E-state index in [2.05, 4.69) is 0 Å². The summed E-state index contributed by atoms with van der Waals surface area (Å²) in [4.78, 5) is 76.0. The van der Waals surface area contributed by atoms with Crippen molar-refractivity contribution in [1.29, 1.82) is 0 Å². The number of nitrogens with zero attached hydrogens (tertiary/aromatic N) is 3. The van der Waals surface area contributed by atoms with Gasteiger partial charge in [0.25, 0.3) is 0 Å². The molecule has 1 atom stereocenters. The minimum Gasteiger partial charge on any atom is -0.550 e. The molecule has 0 bridgehead atoms. The van der Waals surface area contributed by atoms with Gasteiger partial charge in [-0.3, -0.25) is 19.3 Å². The van der Waals surface area contributed by atoms with Crippen LogP contribution in [0.5, 0.6) is 0 Å². The van der Waals surface area contributed by atoms with Gasteiger partial charge in [0.2, 0.25) is 0 Å². The predicted molar refractivity (Wildman–Crippen MR) is 101 cm³/mol. The molecule has 0 aromatic heterocycles. The SMILES string of the molecule is C.O=C([O-])CCC(N(CCN(CC(=O)[O-])CC(=O)[O-])CCN(CC(=O)[O-])CC(=O)[O-])P(=O)(O)O.[Gd+3]. The smallest absolute Gasteiger partial charge is 0.550 e. The first kappa shape index (κ1) is 38.2. The fraction of sp³-hybridized carbons (Fsp3) is 0.706. The van der Waals surface area contributed by atoms with Gasteiger partial charge in [0.05, 0.1) is 23.9 Å². The third kappa shape index (κ3) is 19.6. The van der Waals surface area contributed by atoms with Crippen molar-refractivity contribution in [1.82, 2.24) is 14.7 Å². The van der Waals surface area contributed by atoms with Crippen molar-refractivity contribution in [2.75, 3.05) is 52.4 Å². The van der Waals surface area contributed by atoms with Crippen molar-refractivity contribution in [2.24, 2.45) is 0 Å². The summed E-state index contributed by atoms with van der Waals surface area (Å²) >= 11 is 0. The topological polar surface area (TPSA) is 268 Å². The molecule has 0 amide bonds. The third-order valence-corrected chi connectivity index (χ3v) is 5.60. The van der Waals surface area contributed by atoms with Crippen LogP contribution in [-0.4, -0.2) is 112 Å². The Labute approximate surface area is 233 Å². The molecule has 0 aliphatic heterocycles. The molecule has 0 saturated carbocycles. The Kier molecular flexibility index (Phi) is 20.6. The van der Waals surface area contributed by atoms with E-state index in [1.54, 1.807) is 0 Å². The third-order valence-electron chi connectivity index (χ3n) is 4.23. The average Bonchev–Trinajstić information content (AvgIpc) is 2.59. The number of aliphatic carboxylic acids is 5. The van der Waals surface area contributed by atoms with Gasteiger partial charge < -0.3 is 59.3 Å². The van der Waals surface area contributed by atoms with Gasteiger partial charge in [-0.1, -0.05) is 7.43 Å². The van der Waals surface area contributed by atoms with E-state index in [9.17, 15) is 63.9 Å². The Bertz CT molecular complexity index is 691. The van der Waals surface area contributed by atoms with Crippen LogP contribution in [0, 0.1) is 39.9 Å². The van der Waals surface area contributed by atoms with Crippen LogP contribution in [0.15, 0.2) is 0 Å². The van der Waals surface area contributed by atoms with Gasteiger partial charge in [0.15, 0.2) is 0 Å². The Balaban J connectivity index is -0.00000512. The molecule has 0 rings (SSSR count). The predicted octanol–water partition coefficient (Wildman–Crippen LogP) is -8.44. The summed E-state index contributed by atoms with van der Waals surface area (Å²) in [7, 11) is -5.04. The maximum Gasteiger partial charge on any atom is 3.00 e. The van der Waals surface area contributed by atoms with Crippen molar-refractivity contribution >= 4 is 37.4 Å². The fourth-order valence-electron chi connectivity index (χ4n) is 2.92. The molecule has 0 aliphatic carbocycles. The van der Waals surface area contributed by atoms with Gasteiger partial charge in [0, 0.05) is 58.3 Å². The fourth-order valence-corrected chi connectivity index (χ4v) is 4.04. The first-order valence-corrected chi connectivity index (χ1v) is 11.0. The normalized spacial score (nSPS) is 12.0. The maximum absolute atomic E-state index is 12.0. The Hall–Kier alpha value is -1.30. The van der Waals surface area contributed by atoms with E-state index in [1.165, 1.54) is 0 Å². The summed E-state index contributed by atoms with van der Waals surface area (Å²) in [6, 6.07) is 0. The van der Waals surface area contributed by atoms with E-state index in [1.807, 2.05) is 0 Å². The van der Waals surface area contributed by atoms with Gasteiger partial charge in [-0.25, -0.2) is 0 Å². The molecule has 0 fully saturated rings. The summed E-state index contributed by atoms with van der Waals surface area (Å²) in [5, 5.41) is 54.1. The van der Waals surface area contributed by atoms with Crippen molar-refractivity contribution in [3.63, 3.8) is 0 Å². The van der Waals surface area contributed by atoms with E-state index >= 15 is 0 Å². The molecule has 1 unspecified atom stereocenters. The van der Waals surface area contributed by atoms with Crippen LogP contribution >= 0.6 is 7.60 Å². The van der Waals surface area contributed by atoms with Gasteiger partial charge >= 0.3 is 47.5 Å². The van der Waals surface area contributed by atoms with Gasteiger partial charge in [-0.2, -0.15) is 0 Å². The number of carbonyl (C=O) groups is 5. The number of hydrogen-bond donors (Lipinski definition) is 2. The molecule has 35 heavy (non-hydrogen) atoms. The maximum atomic E-state index is 12.0. The molecular weight excluding hydrogens is 642 g/mol. The standard InChI is InChI=1S/C16H28N3O13P.CH4.Gd/c20-12(21)2-1-11(33(30,31)32)19(5-3-17(7-13(22)23)8-14(24)25)6-4-18(9-15(26)27)10-16(28)29;;/h11H,1-10H2,(H,20,21)(H,22,23)(H,24,25)(H,26,27)(H,28,29)(H2,30,31,32);1H4;/q;;+3/p-5. The van der Waals surface area contributed by atoms with Crippen molar-refractivity contribution in [2.45, 2.75) is 26.1 Å². The largest absolute Gasteiger partial charge is 3.00 e. The molecule has 2 N–H and O–H groups in total. The minimum atomic E-state index is -5.04. The van der Waals surface area contributed by atoms with Crippen molar-refractivity contribution < 1.29 is 104 Å². The number of carbonyl (C=O) groups excluding carboxylic acids is 5. The molecule has 0 aromatic carbocycles. The van der Waals surface area contributed by atoms with E-state index in [4.69, 9.17) is 0 Å². The molecule has 1 radical (unpaired) electrons. The number of carboxylic acid groups (broad SMARTS) is 5. The zero-order valence-electron chi connectivity index (χ0n) is 17.7. The summed E-state index contributed by atoms with van der Waals surface area (Å²) < 4.78 is 12.0. The summed E-state index contributed by atoms with van der Waals surface area (Å²) in [6.07, 6.45) is -1.41. The van der Waals surface area contributed by atoms with Gasteiger partial charge in [-0.05, 0) is 12.8 Å². The van der Waals surface area contributed by atoms with Gasteiger partial charge in [-0.15, -0.1) is 0 Å². The van der Waals surface area contributed by atoms with Crippen LogP contribution in [0.4, 0.5) is 0 Å². The molecule has 0 saturated heterocycles. The molecular formula is C17H27GdN3O13P-2. The van der Waals surface area contributed by atoms with Crippen LogP contribution in [0.1, 0.15) is 20.3 Å². The van der Waals surface area contributed by atoms with Gasteiger partial charge in [0.1, 0.15) is 5.78 Å². The first-order chi connectivity index (χ1) is 15.1. The molecule has 0 heterocycles. The first-order valence-electron chi connectivity index (χ1n) is 9.35. The van der Waals surface area contributed by atoms with Crippen LogP contribution in [-0.2, 0) is 28.5 Å². The van der Waals surface area contributed by atoms with Crippen molar-refractivity contribution in [3.8, 4) is 0 Å². The Morgan fingerprint density at radius 3 is 1.20 bits per heavy atom. The van der Waals surface area contributed by atoms with Crippen LogP contribution < -0.4 is 25.5 Å². The van der Waals surface area contributed by atoms with Crippen molar-refractivity contribution in [3.05, 3.63) is 0 Å². The monoisotopic (exact) mass is 670 g/mol. The Morgan fingerprint density at radius 1 is 0.657 bits per heavy atom. The molecule has 18 heteroatoms. The zero-order valence-corrected chi connectivity index (χ0v) is 20.8. The Morgan fingerprint density at radius 2 is 0.971 bits per heavy atom. The quantitative estimate of drug-likeness (QED) is 0.121. The summed E-state index contributed by atoms with van der Waals surface area (Å²) in [5.74, 6) is -10.0. The number of hydrogen-bond acceptors (Lipinski definition) is 14. The summed E-state index contributed by atoms with van der Waals surface area (Å²) in [6.45, 7) is -5.16. The second kappa shape index (κ2) is 18.9. The van der Waals surface area contributed by atoms with Crippen LogP contribution in [0.2, 0.25) is 0 Å². The average molecular weight is 670 g/mol. The minimum absolute atomic E-state index is 0. The molecule has 0 spiro atoms. The summed E-state index contributed by atoms with van der Waals surface area (Å²) in [5.41, 5.74) is 0. The molecule has 203 valence electrons. The van der Waals surface area contributed by atoms with E-state index in [-0.39, 0.29) is 47.4 Å². The van der Waals surface area contributed by atoms with E-state index in [0.717, 1.165) is 14.7 Å². The van der Waals surface area contributed by atoms with E-state index < -0.39 is 108 Å². The van der Waals surface area contributed by atoms with E-state index in [0.29, 0.717) is 0 Å². The molecule has 0 aliphatic rings.